The highest BCUT2D eigenvalue weighted by Gasteiger charge is 2.32. The highest BCUT2D eigenvalue weighted by atomic mass is 32.2. The summed E-state index contributed by atoms with van der Waals surface area (Å²) in [5.41, 5.74) is 0. The van der Waals surface area contributed by atoms with Crippen LogP contribution >= 0.6 is 23.5 Å². The van der Waals surface area contributed by atoms with Crippen LogP contribution in [0.5, 0.6) is 0 Å². The highest BCUT2D eigenvalue weighted by molar-refractivity contribution is 8.07. The second-order valence-corrected chi connectivity index (χ2v) is 6.68. The minimum absolute atomic E-state index is 0.967. The molecule has 2 fully saturated rings. The normalized spacial score (nSPS) is 42.2. The van der Waals surface area contributed by atoms with E-state index >= 15 is 0 Å². The maximum absolute atomic E-state index is 2.33. The highest BCUT2D eigenvalue weighted by Crippen LogP contribution is 2.44. The van der Waals surface area contributed by atoms with Crippen molar-refractivity contribution in [2.24, 2.45) is 0 Å². The Balaban J connectivity index is 1.90. The molecule has 2 aliphatic rings. The largest absolute Gasteiger partial charge is 0.156 e. The number of rotatable bonds is 1. The number of hydrogen-bond acceptors (Lipinski definition) is 2. The van der Waals surface area contributed by atoms with Gasteiger partial charge in [0.25, 0.3) is 0 Å². The summed E-state index contributed by atoms with van der Waals surface area (Å²) in [5.74, 6) is 1.42. The van der Waals surface area contributed by atoms with Crippen LogP contribution in [0.3, 0.4) is 0 Å². The lowest BCUT2D eigenvalue weighted by Gasteiger charge is -2.38. The van der Waals surface area contributed by atoms with Crippen molar-refractivity contribution in [2.45, 2.75) is 54.8 Å². The van der Waals surface area contributed by atoms with E-state index in [1.807, 2.05) is 0 Å². The van der Waals surface area contributed by atoms with Crippen LogP contribution in [-0.2, 0) is 0 Å². The first kappa shape index (κ1) is 9.26. The van der Waals surface area contributed by atoms with Gasteiger partial charge >= 0.3 is 0 Å². The van der Waals surface area contributed by atoms with Crippen molar-refractivity contribution in [1.82, 2.24) is 0 Å². The Hall–Kier alpha value is 0.700. The number of thioether (sulfide) groups is 2. The second kappa shape index (κ2) is 4.28. The van der Waals surface area contributed by atoms with Gasteiger partial charge in [-0.25, -0.2) is 0 Å². The third kappa shape index (κ3) is 1.95. The van der Waals surface area contributed by atoms with Crippen LogP contribution in [-0.4, -0.2) is 21.5 Å². The minimum atomic E-state index is 0.967. The van der Waals surface area contributed by atoms with Gasteiger partial charge in [0.15, 0.2) is 0 Å². The summed E-state index contributed by atoms with van der Waals surface area (Å²) >= 11 is 4.55. The van der Waals surface area contributed by atoms with E-state index in [0.717, 1.165) is 15.7 Å². The molecule has 0 aromatic rings. The molecule has 0 nitrogen and oxygen atoms in total. The Kier molecular flexibility index (Phi) is 3.30. The van der Waals surface area contributed by atoms with Gasteiger partial charge in [0.1, 0.15) is 0 Å². The SMILES string of the molecule is CCC1CSC2CCCCC2S1. The first-order valence-electron chi connectivity index (χ1n) is 5.17. The molecule has 1 heterocycles. The second-order valence-electron chi connectivity index (χ2n) is 3.86. The average Bonchev–Trinajstić information content (AvgIpc) is 2.17. The molecule has 1 aliphatic carbocycles. The lowest BCUT2D eigenvalue weighted by Crippen LogP contribution is -2.32. The molecule has 0 aromatic heterocycles. The third-order valence-corrected chi connectivity index (χ3v) is 6.73. The minimum Gasteiger partial charge on any atom is -0.156 e. The van der Waals surface area contributed by atoms with Gasteiger partial charge in [-0.2, -0.15) is 23.5 Å². The van der Waals surface area contributed by atoms with Crippen molar-refractivity contribution in [3.63, 3.8) is 0 Å². The molecule has 2 heteroatoms. The maximum atomic E-state index is 2.33. The van der Waals surface area contributed by atoms with Gasteiger partial charge in [0.2, 0.25) is 0 Å². The van der Waals surface area contributed by atoms with Crippen molar-refractivity contribution >= 4 is 23.5 Å². The van der Waals surface area contributed by atoms with Crippen molar-refractivity contribution in [3.05, 3.63) is 0 Å². The van der Waals surface area contributed by atoms with Crippen LogP contribution in [0.25, 0.3) is 0 Å². The van der Waals surface area contributed by atoms with E-state index in [1.54, 1.807) is 0 Å². The molecule has 3 atom stereocenters. The summed E-state index contributed by atoms with van der Waals surface area (Å²) in [6, 6.07) is 0. The molecular formula is C10H18S2. The molecule has 0 N–H and O–H groups in total. The molecular weight excluding hydrogens is 184 g/mol. The fourth-order valence-electron chi connectivity index (χ4n) is 2.14. The van der Waals surface area contributed by atoms with Crippen LogP contribution in [0.15, 0.2) is 0 Å². The predicted molar refractivity (Wildman–Crippen MR) is 60.2 cm³/mol. The fourth-order valence-corrected chi connectivity index (χ4v) is 5.80. The fraction of sp³-hybridized carbons (Fsp3) is 1.00. The zero-order valence-electron chi connectivity index (χ0n) is 7.79. The Labute approximate surface area is 84.3 Å². The van der Waals surface area contributed by atoms with Crippen molar-refractivity contribution in [3.8, 4) is 0 Å². The molecule has 1 saturated heterocycles. The van der Waals surface area contributed by atoms with Gasteiger partial charge in [-0.3, -0.25) is 0 Å². The van der Waals surface area contributed by atoms with E-state index in [1.165, 1.54) is 37.9 Å². The Morgan fingerprint density at radius 1 is 1.17 bits per heavy atom. The molecule has 12 heavy (non-hydrogen) atoms. The molecule has 0 bridgehead atoms. The standard InChI is InChI=1S/C10H18S2/c1-2-8-7-11-9-5-3-4-6-10(9)12-8/h8-10H,2-7H2,1H3. The van der Waals surface area contributed by atoms with E-state index < -0.39 is 0 Å². The molecule has 70 valence electrons. The van der Waals surface area contributed by atoms with Gasteiger partial charge in [0, 0.05) is 21.5 Å². The van der Waals surface area contributed by atoms with Gasteiger partial charge < -0.3 is 0 Å². The Morgan fingerprint density at radius 2 is 1.92 bits per heavy atom. The summed E-state index contributed by atoms with van der Waals surface area (Å²) in [6.07, 6.45) is 7.36. The summed E-state index contributed by atoms with van der Waals surface area (Å²) < 4.78 is 0. The van der Waals surface area contributed by atoms with E-state index in [-0.39, 0.29) is 0 Å². The van der Waals surface area contributed by atoms with Gasteiger partial charge in [-0.1, -0.05) is 19.8 Å². The van der Waals surface area contributed by atoms with Crippen LogP contribution in [0.2, 0.25) is 0 Å². The molecule has 1 saturated carbocycles. The zero-order valence-corrected chi connectivity index (χ0v) is 9.42. The monoisotopic (exact) mass is 202 g/mol. The molecule has 0 amide bonds. The average molecular weight is 202 g/mol. The molecule has 1 aliphatic heterocycles. The van der Waals surface area contributed by atoms with Crippen LogP contribution in [0.4, 0.5) is 0 Å². The summed E-state index contributed by atoms with van der Waals surface area (Å²) in [7, 11) is 0. The topological polar surface area (TPSA) is 0 Å². The number of hydrogen-bond donors (Lipinski definition) is 0. The Morgan fingerprint density at radius 3 is 2.67 bits per heavy atom. The zero-order chi connectivity index (χ0) is 8.39. The molecule has 0 spiro atoms. The van der Waals surface area contributed by atoms with Gasteiger partial charge in [-0.05, 0) is 19.3 Å². The first-order valence-corrected chi connectivity index (χ1v) is 7.16. The molecule has 0 radical (unpaired) electrons. The lowest BCUT2D eigenvalue weighted by atomic mass is 10.00. The summed E-state index contributed by atoms with van der Waals surface area (Å²) in [4.78, 5) is 0. The van der Waals surface area contributed by atoms with Gasteiger partial charge in [0.05, 0.1) is 0 Å². The van der Waals surface area contributed by atoms with Crippen LogP contribution in [0.1, 0.15) is 39.0 Å². The Bertz CT molecular complexity index is 147. The third-order valence-electron chi connectivity index (χ3n) is 2.96. The van der Waals surface area contributed by atoms with Gasteiger partial charge in [-0.15, -0.1) is 0 Å². The summed E-state index contributed by atoms with van der Waals surface area (Å²) in [6.45, 7) is 2.33. The predicted octanol–water partition coefficient (Wildman–Crippen LogP) is 3.56. The first-order chi connectivity index (χ1) is 5.90. The summed E-state index contributed by atoms with van der Waals surface area (Å²) in [5, 5.41) is 3.00. The van der Waals surface area contributed by atoms with E-state index in [2.05, 4.69) is 30.4 Å². The molecule has 2 rings (SSSR count). The van der Waals surface area contributed by atoms with E-state index in [4.69, 9.17) is 0 Å². The quantitative estimate of drug-likeness (QED) is 0.638. The van der Waals surface area contributed by atoms with Crippen molar-refractivity contribution < 1.29 is 0 Å². The van der Waals surface area contributed by atoms with Crippen LogP contribution < -0.4 is 0 Å². The maximum Gasteiger partial charge on any atom is 0.0169 e. The van der Waals surface area contributed by atoms with E-state index in [0.29, 0.717) is 0 Å². The van der Waals surface area contributed by atoms with Crippen molar-refractivity contribution in [1.29, 1.82) is 0 Å². The van der Waals surface area contributed by atoms with E-state index in [9.17, 15) is 0 Å². The number of fused-ring (bicyclic) bond motifs is 1. The molecule has 3 unspecified atom stereocenters. The van der Waals surface area contributed by atoms with Crippen LogP contribution in [0, 0.1) is 0 Å². The lowest BCUT2D eigenvalue weighted by molar-refractivity contribution is 0.523. The molecule has 0 aromatic carbocycles. The van der Waals surface area contributed by atoms with Crippen molar-refractivity contribution in [2.75, 3.05) is 5.75 Å². The smallest absolute Gasteiger partial charge is 0.0169 e.